The van der Waals surface area contributed by atoms with Crippen LogP contribution in [0.1, 0.15) is 31.8 Å². The topological polar surface area (TPSA) is 51.2 Å². The Morgan fingerprint density at radius 3 is 1.66 bits per heavy atom. The number of ketones is 2. The molecule has 0 atom stereocenters. The highest BCUT2D eigenvalue weighted by atomic mass is 35.5. The van der Waals surface area contributed by atoms with E-state index < -0.39 is 0 Å². The van der Waals surface area contributed by atoms with Gasteiger partial charge in [0.05, 0.1) is 10.6 Å². The molecule has 5 aromatic rings. The largest absolute Gasteiger partial charge is 0.289 e. The third kappa shape index (κ3) is 3.34. The van der Waals surface area contributed by atoms with Crippen molar-refractivity contribution in [3.8, 4) is 0 Å². The third-order valence-corrected chi connectivity index (χ3v) is 6.85. The van der Waals surface area contributed by atoms with Crippen LogP contribution in [0.15, 0.2) is 95.8 Å². The zero-order chi connectivity index (χ0) is 22.2. The Balaban J connectivity index is 0.000000136. The number of fused-ring (bicyclic) bond motifs is 4. The summed E-state index contributed by atoms with van der Waals surface area (Å²) in [5.74, 6) is -0.321. The summed E-state index contributed by atoms with van der Waals surface area (Å²) < 4.78 is 2.11. The average Bonchev–Trinajstić information content (AvgIpc) is 2.83. The Bertz CT molecular complexity index is 1540. The Kier molecular flexibility index (Phi) is 5.17. The van der Waals surface area contributed by atoms with E-state index in [9.17, 15) is 14.4 Å². The number of halogens is 1. The molecule has 6 rings (SSSR count). The van der Waals surface area contributed by atoms with Gasteiger partial charge in [0.2, 0.25) is 0 Å². The van der Waals surface area contributed by atoms with Crippen molar-refractivity contribution in [1.29, 1.82) is 0 Å². The Morgan fingerprint density at radius 2 is 1.03 bits per heavy atom. The van der Waals surface area contributed by atoms with Crippen molar-refractivity contribution in [1.82, 2.24) is 0 Å². The first-order valence-corrected chi connectivity index (χ1v) is 11.1. The summed E-state index contributed by atoms with van der Waals surface area (Å²) in [6.45, 7) is 0. The van der Waals surface area contributed by atoms with Crippen LogP contribution >= 0.6 is 22.9 Å². The van der Waals surface area contributed by atoms with Gasteiger partial charge in [-0.3, -0.25) is 14.4 Å². The molecule has 1 aliphatic rings. The molecule has 0 spiro atoms. The van der Waals surface area contributed by atoms with E-state index in [4.69, 9.17) is 11.6 Å². The molecule has 1 heterocycles. The van der Waals surface area contributed by atoms with Crippen molar-refractivity contribution in [2.75, 3.05) is 0 Å². The number of carbonyl (C=O) groups is 2. The Labute approximate surface area is 192 Å². The van der Waals surface area contributed by atoms with Crippen LogP contribution in [0.4, 0.5) is 0 Å². The highest BCUT2D eigenvalue weighted by molar-refractivity contribution is 7.24. The van der Waals surface area contributed by atoms with Crippen molar-refractivity contribution in [3.63, 3.8) is 0 Å². The Hall–Kier alpha value is -3.60. The van der Waals surface area contributed by atoms with E-state index in [0.29, 0.717) is 27.3 Å². The van der Waals surface area contributed by atoms with Gasteiger partial charge in [-0.05, 0) is 30.3 Å². The second-order valence-electron chi connectivity index (χ2n) is 7.29. The molecule has 5 heteroatoms. The smallest absolute Gasteiger partial charge is 0.196 e. The predicted molar refractivity (Wildman–Crippen MR) is 130 cm³/mol. The monoisotopic (exact) mass is 454 g/mol. The minimum atomic E-state index is -0.180. The van der Waals surface area contributed by atoms with Crippen LogP contribution < -0.4 is 5.43 Å². The molecule has 32 heavy (non-hydrogen) atoms. The van der Waals surface area contributed by atoms with E-state index in [0.717, 1.165) is 20.2 Å². The van der Waals surface area contributed by atoms with Crippen molar-refractivity contribution in [3.05, 3.63) is 128 Å². The van der Waals surface area contributed by atoms with Crippen LogP contribution in [0.3, 0.4) is 0 Å². The number of hydrogen-bond donors (Lipinski definition) is 0. The maximum absolute atomic E-state index is 12.2. The first kappa shape index (κ1) is 20.3. The second-order valence-corrected chi connectivity index (χ2v) is 8.78. The molecular formula is C27H15ClO3S. The van der Waals surface area contributed by atoms with Gasteiger partial charge in [0.15, 0.2) is 17.0 Å². The highest BCUT2D eigenvalue weighted by Gasteiger charge is 2.30. The van der Waals surface area contributed by atoms with E-state index in [1.165, 1.54) is 0 Å². The molecule has 0 saturated heterocycles. The van der Waals surface area contributed by atoms with Gasteiger partial charge in [-0.1, -0.05) is 72.3 Å². The summed E-state index contributed by atoms with van der Waals surface area (Å²) in [6.07, 6.45) is 0. The molecule has 154 valence electrons. The van der Waals surface area contributed by atoms with Gasteiger partial charge in [0.25, 0.3) is 0 Å². The second kappa shape index (κ2) is 8.15. The normalized spacial score (nSPS) is 12.2. The Morgan fingerprint density at radius 1 is 0.531 bits per heavy atom. The molecule has 0 aliphatic heterocycles. The summed E-state index contributed by atoms with van der Waals surface area (Å²) in [7, 11) is 0. The van der Waals surface area contributed by atoms with E-state index in [1.54, 1.807) is 53.8 Å². The molecule has 0 N–H and O–H groups in total. The summed E-state index contributed by atoms with van der Waals surface area (Å²) in [6, 6.07) is 27.3. The summed E-state index contributed by atoms with van der Waals surface area (Å²) >= 11 is 7.66. The van der Waals surface area contributed by atoms with Crippen molar-refractivity contribution >= 4 is 54.7 Å². The van der Waals surface area contributed by atoms with E-state index >= 15 is 0 Å². The van der Waals surface area contributed by atoms with Gasteiger partial charge < -0.3 is 0 Å². The maximum Gasteiger partial charge on any atom is 0.196 e. The van der Waals surface area contributed by atoms with E-state index in [2.05, 4.69) is 0 Å². The van der Waals surface area contributed by atoms with Gasteiger partial charge >= 0.3 is 0 Å². The van der Waals surface area contributed by atoms with Crippen LogP contribution in [-0.2, 0) is 0 Å². The van der Waals surface area contributed by atoms with Crippen LogP contribution in [0.2, 0.25) is 5.02 Å². The average molecular weight is 455 g/mol. The minimum absolute atomic E-state index is 0.139. The fraction of sp³-hybridized carbons (Fsp3) is 0. The fourth-order valence-corrected chi connectivity index (χ4v) is 5.18. The third-order valence-electron chi connectivity index (χ3n) is 5.38. The quantitative estimate of drug-likeness (QED) is 0.245. The molecule has 0 bridgehead atoms. The zero-order valence-electron chi connectivity index (χ0n) is 16.7. The van der Waals surface area contributed by atoms with Crippen LogP contribution in [0.5, 0.6) is 0 Å². The molecule has 3 nitrogen and oxygen atoms in total. The summed E-state index contributed by atoms with van der Waals surface area (Å²) in [5, 5.41) is 1.97. The number of rotatable bonds is 0. The first-order chi connectivity index (χ1) is 15.6. The summed E-state index contributed by atoms with van der Waals surface area (Å²) in [5.41, 5.74) is 1.73. The van der Waals surface area contributed by atoms with Gasteiger partial charge in [-0.25, -0.2) is 0 Å². The maximum atomic E-state index is 12.2. The van der Waals surface area contributed by atoms with Crippen molar-refractivity contribution in [2.24, 2.45) is 0 Å². The number of hydrogen-bond acceptors (Lipinski definition) is 4. The SMILES string of the molecule is O=C1c2ccccc2C(=O)c2c(Cl)cccc21.O=c1c2ccccc2sc2ccccc12. The molecule has 0 saturated carbocycles. The molecule has 0 unspecified atom stereocenters. The van der Waals surface area contributed by atoms with E-state index in [1.807, 2.05) is 48.5 Å². The predicted octanol–water partition coefficient (Wildman–Crippen LogP) is 6.53. The lowest BCUT2D eigenvalue weighted by Crippen LogP contribution is -2.21. The molecule has 1 aromatic heterocycles. The lowest BCUT2D eigenvalue weighted by atomic mass is 9.84. The summed E-state index contributed by atoms with van der Waals surface area (Å²) in [4.78, 5) is 36.5. The van der Waals surface area contributed by atoms with Crippen LogP contribution in [0, 0.1) is 0 Å². The molecule has 0 amide bonds. The van der Waals surface area contributed by atoms with Crippen LogP contribution in [-0.4, -0.2) is 11.6 Å². The zero-order valence-corrected chi connectivity index (χ0v) is 18.2. The lowest BCUT2D eigenvalue weighted by Gasteiger charge is -2.17. The molecule has 4 aromatic carbocycles. The van der Waals surface area contributed by atoms with Gasteiger partial charge in [0, 0.05) is 36.9 Å². The van der Waals surface area contributed by atoms with Crippen molar-refractivity contribution < 1.29 is 9.59 Å². The lowest BCUT2D eigenvalue weighted by molar-refractivity contribution is 0.0979. The van der Waals surface area contributed by atoms with Crippen molar-refractivity contribution in [2.45, 2.75) is 0 Å². The van der Waals surface area contributed by atoms with Gasteiger partial charge in [-0.15, -0.1) is 11.3 Å². The minimum Gasteiger partial charge on any atom is -0.289 e. The first-order valence-electron chi connectivity index (χ1n) is 9.94. The van der Waals surface area contributed by atoms with Crippen LogP contribution in [0.25, 0.3) is 20.2 Å². The highest BCUT2D eigenvalue weighted by Crippen LogP contribution is 2.31. The molecular weight excluding hydrogens is 440 g/mol. The standard InChI is InChI=1S/C14H7ClO2.C13H8OS/c15-11-7-3-6-10-12(11)14(17)9-5-2-1-4-8(9)13(10)16;14-13-9-5-1-3-7-11(9)15-12-8-4-2-6-10(12)13/h1-7H;1-8H. The number of benzene rings is 4. The van der Waals surface area contributed by atoms with E-state index in [-0.39, 0.29) is 17.0 Å². The molecule has 0 fully saturated rings. The fourth-order valence-electron chi connectivity index (χ4n) is 3.85. The molecule has 1 aliphatic carbocycles. The number of carbonyl (C=O) groups excluding carboxylic acids is 2. The van der Waals surface area contributed by atoms with Gasteiger partial charge in [0.1, 0.15) is 0 Å². The van der Waals surface area contributed by atoms with Gasteiger partial charge in [-0.2, -0.15) is 0 Å². The molecule has 0 radical (unpaired) electrons.